The summed E-state index contributed by atoms with van der Waals surface area (Å²) in [6.45, 7) is 8.96. The van der Waals surface area contributed by atoms with Crippen molar-refractivity contribution in [2.75, 3.05) is 32.8 Å². The predicted molar refractivity (Wildman–Crippen MR) is 55.9 cm³/mol. The lowest BCUT2D eigenvalue weighted by Gasteiger charge is -2.03. The van der Waals surface area contributed by atoms with Crippen molar-refractivity contribution in [3.8, 4) is 0 Å². The molecule has 0 aliphatic carbocycles. The van der Waals surface area contributed by atoms with Crippen LogP contribution in [0.3, 0.4) is 0 Å². The zero-order valence-corrected chi connectivity index (χ0v) is 9.01. The summed E-state index contributed by atoms with van der Waals surface area (Å²) < 4.78 is 0. The van der Waals surface area contributed by atoms with E-state index in [0.717, 1.165) is 13.1 Å². The first-order valence-corrected chi connectivity index (χ1v) is 4.84. The lowest BCUT2D eigenvalue weighted by Crippen LogP contribution is -2.25. The van der Waals surface area contributed by atoms with Crippen LogP contribution in [0.25, 0.3) is 0 Å². The Morgan fingerprint density at radius 1 is 1.08 bits per heavy atom. The van der Waals surface area contributed by atoms with Crippen molar-refractivity contribution < 1.29 is 10.2 Å². The standard InChI is InChI=1S/C5H13NO.C4H11NO/c1-5(2)6-3-4-7;1-2-5-3-4-6/h5-7H,3-4H2,1-2H3;5-6H,2-4H2,1H3. The van der Waals surface area contributed by atoms with Crippen LogP contribution in [0.5, 0.6) is 0 Å². The first kappa shape index (κ1) is 15.3. The monoisotopic (exact) mass is 192 g/mol. The molecule has 0 atom stereocenters. The molecule has 0 aliphatic rings. The van der Waals surface area contributed by atoms with Crippen molar-refractivity contribution >= 4 is 0 Å². The van der Waals surface area contributed by atoms with Gasteiger partial charge in [0.25, 0.3) is 0 Å². The van der Waals surface area contributed by atoms with Crippen LogP contribution < -0.4 is 10.6 Å². The third kappa shape index (κ3) is 24.5. The summed E-state index contributed by atoms with van der Waals surface area (Å²) in [5, 5.41) is 22.4. The molecule has 4 N–H and O–H groups in total. The van der Waals surface area contributed by atoms with Crippen molar-refractivity contribution in [3.63, 3.8) is 0 Å². The highest BCUT2D eigenvalue weighted by Gasteiger charge is 1.86. The molecule has 0 aliphatic heterocycles. The fourth-order valence-corrected chi connectivity index (χ4v) is 0.609. The smallest absolute Gasteiger partial charge is 0.0556 e. The van der Waals surface area contributed by atoms with Crippen molar-refractivity contribution in [2.45, 2.75) is 26.8 Å². The van der Waals surface area contributed by atoms with Gasteiger partial charge in [-0.1, -0.05) is 20.8 Å². The van der Waals surface area contributed by atoms with Gasteiger partial charge in [-0.15, -0.1) is 0 Å². The van der Waals surface area contributed by atoms with Crippen molar-refractivity contribution in [1.29, 1.82) is 0 Å². The molecule has 0 amide bonds. The minimum atomic E-state index is 0.234. The summed E-state index contributed by atoms with van der Waals surface area (Å²) in [5.41, 5.74) is 0. The molecule has 82 valence electrons. The van der Waals surface area contributed by atoms with Gasteiger partial charge < -0.3 is 20.8 Å². The SMILES string of the molecule is CC(C)NCCO.CCNCCO. The number of aliphatic hydroxyl groups is 2. The van der Waals surface area contributed by atoms with Crippen LogP contribution in [0.1, 0.15) is 20.8 Å². The molecule has 13 heavy (non-hydrogen) atoms. The van der Waals surface area contributed by atoms with Gasteiger partial charge >= 0.3 is 0 Å². The molecule has 0 saturated heterocycles. The lowest BCUT2D eigenvalue weighted by molar-refractivity contribution is 0.287. The molecule has 0 aromatic carbocycles. The third-order valence-electron chi connectivity index (χ3n) is 1.20. The third-order valence-corrected chi connectivity index (χ3v) is 1.20. The lowest BCUT2D eigenvalue weighted by atomic mass is 10.4. The Morgan fingerprint density at radius 2 is 1.62 bits per heavy atom. The molecule has 0 aromatic heterocycles. The van der Waals surface area contributed by atoms with Gasteiger partial charge in [0.2, 0.25) is 0 Å². The zero-order chi connectivity index (χ0) is 10.5. The van der Waals surface area contributed by atoms with E-state index in [1.165, 1.54) is 0 Å². The molecule has 0 rings (SSSR count). The summed E-state index contributed by atoms with van der Waals surface area (Å²) in [7, 11) is 0. The van der Waals surface area contributed by atoms with E-state index in [1.807, 2.05) is 6.92 Å². The minimum Gasteiger partial charge on any atom is -0.395 e. The Balaban J connectivity index is 0. The van der Waals surface area contributed by atoms with E-state index in [4.69, 9.17) is 10.2 Å². The molecule has 0 spiro atoms. The fourth-order valence-electron chi connectivity index (χ4n) is 0.609. The number of aliphatic hydroxyl groups excluding tert-OH is 2. The van der Waals surface area contributed by atoms with Crippen LogP contribution in [0.2, 0.25) is 0 Å². The average Bonchev–Trinajstić information content (AvgIpc) is 2.12. The minimum absolute atomic E-state index is 0.234. The number of hydrogen-bond acceptors (Lipinski definition) is 4. The molecular formula is C9H24N2O2. The molecule has 0 bridgehead atoms. The largest absolute Gasteiger partial charge is 0.395 e. The van der Waals surface area contributed by atoms with Gasteiger partial charge in [-0.3, -0.25) is 0 Å². The summed E-state index contributed by atoms with van der Waals surface area (Å²) in [6, 6.07) is 0.493. The van der Waals surface area contributed by atoms with Gasteiger partial charge in [0.1, 0.15) is 0 Å². The maximum Gasteiger partial charge on any atom is 0.0556 e. The van der Waals surface area contributed by atoms with Crippen LogP contribution in [0.15, 0.2) is 0 Å². The van der Waals surface area contributed by atoms with E-state index < -0.39 is 0 Å². The van der Waals surface area contributed by atoms with E-state index in [9.17, 15) is 0 Å². The quantitative estimate of drug-likeness (QED) is 0.431. The highest BCUT2D eigenvalue weighted by molar-refractivity contribution is 4.49. The van der Waals surface area contributed by atoms with Gasteiger partial charge in [0.15, 0.2) is 0 Å². The Morgan fingerprint density at radius 3 is 1.77 bits per heavy atom. The Bertz CT molecular complexity index is 76.0. The average molecular weight is 192 g/mol. The maximum atomic E-state index is 8.25. The fraction of sp³-hybridized carbons (Fsp3) is 1.00. The Hall–Kier alpha value is -0.160. The van der Waals surface area contributed by atoms with Gasteiger partial charge in [-0.05, 0) is 6.54 Å². The van der Waals surface area contributed by atoms with Crippen molar-refractivity contribution in [3.05, 3.63) is 0 Å². The first-order valence-electron chi connectivity index (χ1n) is 4.84. The van der Waals surface area contributed by atoms with E-state index in [-0.39, 0.29) is 13.2 Å². The van der Waals surface area contributed by atoms with Gasteiger partial charge in [0.05, 0.1) is 13.2 Å². The van der Waals surface area contributed by atoms with E-state index in [1.54, 1.807) is 0 Å². The van der Waals surface area contributed by atoms with Crippen molar-refractivity contribution in [2.24, 2.45) is 0 Å². The van der Waals surface area contributed by atoms with E-state index in [2.05, 4.69) is 24.5 Å². The summed E-state index contributed by atoms with van der Waals surface area (Å²) in [4.78, 5) is 0. The number of likely N-dealkylation sites (N-methyl/N-ethyl adjacent to an activating group) is 1. The number of nitrogens with one attached hydrogen (secondary N) is 2. The Kier molecular flexibility index (Phi) is 16.9. The summed E-state index contributed by atoms with van der Waals surface area (Å²) >= 11 is 0. The summed E-state index contributed by atoms with van der Waals surface area (Å²) in [5.74, 6) is 0. The second kappa shape index (κ2) is 14.4. The molecule has 0 fully saturated rings. The van der Waals surface area contributed by atoms with Crippen molar-refractivity contribution in [1.82, 2.24) is 10.6 Å². The zero-order valence-electron chi connectivity index (χ0n) is 9.01. The predicted octanol–water partition coefficient (Wildman–Crippen LogP) is -0.435. The van der Waals surface area contributed by atoms with E-state index in [0.29, 0.717) is 12.6 Å². The second-order valence-electron chi connectivity index (χ2n) is 2.91. The molecule has 4 heteroatoms. The normalized spacial score (nSPS) is 9.69. The summed E-state index contributed by atoms with van der Waals surface area (Å²) in [6.07, 6.45) is 0. The van der Waals surface area contributed by atoms with Crippen LogP contribution in [-0.4, -0.2) is 49.1 Å². The number of rotatable bonds is 6. The first-order chi connectivity index (χ1) is 6.18. The molecule has 0 saturated carbocycles. The van der Waals surface area contributed by atoms with Gasteiger partial charge in [-0.25, -0.2) is 0 Å². The molecule has 0 heterocycles. The molecular weight excluding hydrogens is 168 g/mol. The van der Waals surface area contributed by atoms with Crippen LogP contribution in [0, 0.1) is 0 Å². The van der Waals surface area contributed by atoms with Gasteiger partial charge in [0, 0.05) is 19.1 Å². The molecule has 0 aromatic rings. The van der Waals surface area contributed by atoms with E-state index >= 15 is 0 Å². The molecule has 0 unspecified atom stereocenters. The Labute approximate surface area is 81.4 Å². The van der Waals surface area contributed by atoms with Crippen LogP contribution >= 0.6 is 0 Å². The van der Waals surface area contributed by atoms with Gasteiger partial charge in [-0.2, -0.15) is 0 Å². The van der Waals surface area contributed by atoms with Crippen LogP contribution in [-0.2, 0) is 0 Å². The molecule has 4 nitrogen and oxygen atoms in total. The number of hydrogen-bond donors (Lipinski definition) is 4. The maximum absolute atomic E-state index is 8.25. The highest BCUT2D eigenvalue weighted by Crippen LogP contribution is 1.71. The molecule has 0 radical (unpaired) electrons. The second-order valence-corrected chi connectivity index (χ2v) is 2.91. The van der Waals surface area contributed by atoms with Crippen LogP contribution in [0.4, 0.5) is 0 Å². The topological polar surface area (TPSA) is 64.5 Å². The highest BCUT2D eigenvalue weighted by atomic mass is 16.3.